The highest BCUT2D eigenvalue weighted by molar-refractivity contribution is 5.94. The number of hydrogen-bond acceptors (Lipinski definition) is 2. The number of nitrogens with zero attached hydrogens (tertiary/aromatic N) is 1. The number of carbonyl (C=O) groups excluding carboxylic acids is 1. The van der Waals surface area contributed by atoms with Crippen LogP contribution in [0.5, 0.6) is 0 Å². The number of allylic oxidation sites excluding steroid dienone is 6. The summed E-state index contributed by atoms with van der Waals surface area (Å²) in [6.07, 6.45) is 12.4. The van der Waals surface area contributed by atoms with Gasteiger partial charge in [0.25, 0.3) is 5.91 Å². The highest BCUT2D eigenvalue weighted by Gasteiger charge is 2.16. The third kappa shape index (κ3) is 3.96. The Kier molecular flexibility index (Phi) is 4.91. The lowest BCUT2D eigenvalue weighted by atomic mass is 9.99. The summed E-state index contributed by atoms with van der Waals surface area (Å²) >= 11 is 0. The molecule has 0 saturated heterocycles. The van der Waals surface area contributed by atoms with Crippen LogP contribution in [0.15, 0.2) is 66.8 Å². The fourth-order valence-corrected chi connectivity index (χ4v) is 2.01. The lowest BCUT2D eigenvalue weighted by Gasteiger charge is -2.14. The van der Waals surface area contributed by atoms with Crippen LogP contribution in [0.2, 0.25) is 0 Å². The van der Waals surface area contributed by atoms with E-state index in [2.05, 4.69) is 11.4 Å². The minimum atomic E-state index is -0.500. The van der Waals surface area contributed by atoms with Crippen molar-refractivity contribution in [2.75, 3.05) is 0 Å². The minimum Gasteiger partial charge on any atom is -0.336 e. The van der Waals surface area contributed by atoms with Crippen LogP contribution < -0.4 is 5.32 Å². The Morgan fingerprint density at radius 1 is 1.15 bits per heavy atom. The standard InChI is InChI=1S/C17H16N2O/c18-13-16(12-14-8-4-1-2-5-9-14)19-17(20)15-10-6-3-7-11-15/h1-11,14,16H,12H2,(H,19,20)/t16-/m1/s1. The predicted octanol–water partition coefficient (Wildman–Crippen LogP) is 3.00. The van der Waals surface area contributed by atoms with Gasteiger partial charge in [0.15, 0.2) is 0 Å². The SMILES string of the molecule is N#C[C@@H](CC1C=CC=CC=C1)NC(=O)c1ccccc1. The van der Waals surface area contributed by atoms with Gasteiger partial charge in [-0.05, 0) is 24.5 Å². The smallest absolute Gasteiger partial charge is 0.252 e. The molecule has 3 nitrogen and oxygen atoms in total. The molecule has 0 saturated carbocycles. The van der Waals surface area contributed by atoms with Gasteiger partial charge in [0.2, 0.25) is 0 Å². The van der Waals surface area contributed by atoms with Crippen LogP contribution in [0.1, 0.15) is 16.8 Å². The van der Waals surface area contributed by atoms with Gasteiger partial charge in [0, 0.05) is 5.56 Å². The van der Waals surface area contributed by atoms with E-state index in [0.717, 1.165) is 0 Å². The molecule has 1 N–H and O–H groups in total. The number of carbonyl (C=O) groups is 1. The van der Waals surface area contributed by atoms with Crippen LogP contribution in [0, 0.1) is 17.2 Å². The second-order valence-electron chi connectivity index (χ2n) is 4.58. The molecule has 2 rings (SSSR count). The summed E-state index contributed by atoms with van der Waals surface area (Å²) in [5.74, 6) is -0.0532. The molecule has 0 aromatic heterocycles. The molecule has 1 aliphatic carbocycles. The Bertz CT molecular complexity index is 563. The van der Waals surface area contributed by atoms with E-state index >= 15 is 0 Å². The van der Waals surface area contributed by atoms with E-state index in [9.17, 15) is 10.1 Å². The van der Waals surface area contributed by atoms with Crippen LogP contribution in [0.4, 0.5) is 0 Å². The molecule has 0 aliphatic heterocycles. The van der Waals surface area contributed by atoms with E-state index in [1.807, 2.05) is 42.5 Å². The van der Waals surface area contributed by atoms with E-state index in [1.165, 1.54) is 0 Å². The Morgan fingerprint density at radius 3 is 2.40 bits per heavy atom. The van der Waals surface area contributed by atoms with Gasteiger partial charge < -0.3 is 5.32 Å². The molecule has 1 amide bonds. The Labute approximate surface area is 118 Å². The maximum atomic E-state index is 12.0. The number of benzene rings is 1. The van der Waals surface area contributed by atoms with Gasteiger partial charge in [-0.3, -0.25) is 4.79 Å². The van der Waals surface area contributed by atoms with Gasteiger partial charge in [-0.15, -0.1) is 0 Å². The molecule has 100 valence electrons. The fourth-order valence-electron chi connectivity index (χ4n) is 2.01. The topological polar surface area (TPSA) is 52.9 Å². The first kappa shape index (κ1) is 13.8. The van der Waals surface area contributed by atoms with Gasteiger partial charge in [-0.1, -0.05) is 54.7 Å². The van der Waals surface area contributed by atoms with E-state index in [1.54, 1.807) is 24.3 Å². The average molecular weight is 264 g/mol. The molecule has 1 atom stereocenters. The second kappa shape index (κ2) is 7.10. The summed E-state index contributed by atoms with van der Waals surface area (Å²) in [4.78, 5) is 12.0. The molecule has 0 unspecified atom stereocenters. The van der Waals surface area contributed by atoms with Gasteiger partial charge in [-0.25, -0.2) is 0 Å². The number of hydrogen-bond donors (Lipinski definition) is 1. The molecule has 1 aromatic rings. The van der Waals surface area contributed by atoms with Crippen molar-refractivity contribution in [3.05, 3.63) is 72.4 Å². The molecule has 0 radical (unpaired) electrons. The third-order valence-corrected chi connectivity index (χ3v) is 3.05. The van der Waals surface area contributed by atoms with E-state index in [0.29, 0.717) is 12.0 Å². The molecule has 0 fully saturated rings. The first-order chi connectivity index (χ1) is 9.79. The van der Waals surface area contributed by atoms with Crippen molar-refractivity contribution in [3.8, 4) is 6.07 Å². The third-order valence-electron chi connectivity index (χ3n) is 3.05. The summed E-state index contributed by atoms with van der Waals surface area (Å²) in [6.45, 7) is 0. The van der Waals surface area contributed by atoms with Crippen molar-refractivity contribution in [2.45, 2.75) is 12.5 Å². The van der Waals surface area contributed by atoms with E-state index in [-0.39, 0.29) is 11.8 Å². The molecule has 1 aliphatic rings. The fraction of sp³-hybridized carbons (Fsp3) is 0.176. The normalized spacial score (nSPS) is 15.3. The molecule has 0 spiro atoms. The predicted molar refractivity (Wildman–Crippen MR) is 78.8 cm³/mol. The maximum Gasteiger partial charge on any atom is 0.252 e. The average Bonchev–Trinajstić information content (AvgIpc) is 2.76. The van der Waals surface area contributed by atoms with Crippen molar-refractivity contribution in [1.29, 1.82) is 5.26 Å². The monoisotopic (exact) mass is 264 g/mol. The zero-order valence-corrected chi connectivity index (χ0v) is 11.1. The zero-order valence-electron chi connectivity index (χ0n) is 11.1. The lowest BCUT2D eigenvalue weighted by molar-refractivity contribution is 0.0943. The lowest BCUT2D eigenvalue weighted by Crippen LogP contribution is -2.34. The van der Waals surface area contributed by atoms with E-state index < -0.39 is 6.04 Å². The van der Waals surface area contributed by atoms with Crippen molar-refractivity contribution >= 4 is 5.91 Å². The van der Waals surface area contributed by atoms with Gasteiger partial charge in [-0.2, -0.15) is 5.26 Å². The van der Waals surface area contributed by atoms with Gasteiger partial charge in [0.1, 0.15) is 6.04 Å². The Balaban J connectivity index is 1.96. The molecule has 1 aromatic carbocycles. The van der Waals surface area contributed by atoms with Crippen LogP contribution in [-0.4, -0.2) is 11.9 Å². The molecule has 0 heterocycles. The summed E-state index contributed by atoms with van der Waals surface area (Å²) in [7, 11) is 0. The minimum absolute atomic E-state index is 0.158. The van der Waals surface area contributed by atoms with Gasteiger partial charge >= 0.3 is 0 Å². The first-order valence-electron chi connectivity index (χ1n) is 6.57. The molecule has 20 heavy (non-hydrogen) atoms. The van der Waals surface area contributed by atoms with Crippen LogP contribution in [-0.2, 0) is 0 Å². The Hall–Kier alpha value is -2.60. The quantitative estimate of drug-likeness (QED) is 0.908. The Morgan fingerprint density at radius 2 is 1.80 bits per heavy atom. The number of rotatable bonds is 4. The van der Waals surface area contributed by atoms with Crippen molar-refractivity contribution in [1.82, 2.24) is 5.32 Å². The van der Waals surface area contributed by atoms with Crippen molar-refractivity contribution < 1.29 is 4.79 Å². The molecular formula is C17H16N2O. The number of nitriles is 1. The van der Waals surface area contributed by atoms with Crippen molar-refractivity contribution in [2.24, 2.45) is 5.92 Å². The summed E-state index contributed by atoms with van der Waals surface area (Å²) in [6, 6.07) is 10.6. The summed E-state index contributed by atoms with van der Waals surface area (Å²) < 4.78 is 0. The first-order valence-corrected chi connectivity index (χ1v) is 6.57. The number of nitrogens with one attached hydrogen (secondary N) is 1. The summed E-state index contributed by atoms with van der Waals surface area (Å²) in [5.41, 5.74) is 0.571. The highest BCUT2D eigenvalue weighted by atomic mass is 16.1. The zero-order chi connectivity index (χ0) is 14.2. The molecule has 3 heteroatoms. The van der Waals surface area contributed by atoms with Crippen LogP contribution in [0.25, 0.3) is 0 Å². The summed E-state index contributed by atoms with van der Waals surface area (Å²) in [5, 5.41) is 12.0. The van der Waals surface area contributed by atoms with Crippen LogP contribution >= 0.6 is 0 Å². The molecule has 0 bridgehead atoms. The molecular weight excluding hydrogens is 248 g/mol. The van der Waals surface area contributed by atoms with Gasteiger partial charge in [0.05, 0.1) is 6.07 Å². The van der Waals surface area contributed by atoms with Crippen LogP contribution in [0.3, 0.4) is 0 Å². The van der Waals surface area contributed by atoms with Crippen molar-refractivity contribution in [3.63, 3.8) is 0 Å². The maximum absolute atomic E-state index is 12.0. The number of amides is 1. The highest BCUT2D eigenvalue weighted by Crippen LogP contribution is 2.13. The van der Waals surface area contributed by atoms with E-state index in [4.69, 9.17) is 0 Å². The second-order valence-corrected chi connectivity index (χ2v) is 4.58. The largest absolute Gasteiger partial charge is 0.336 e.